The molecule has 24 heavy (non-hydrogen) atoms. The van der Waals surface area contributed by atoms with E-state index in [-0.39, 0.29) is 18.0 Å². The van der Waals surface area contributed by atoms with E-state index in [9.17, 15) is 9.59 Å². The second-order valence-electron chi connectivity index (χ2n) is 5.52. The zero-order valence-electron chi connectivity index (χ0n) is 14.6. The summed E-state index contributed by atoms with van der Waals surface area (Å²) in [7, 11) is 1.56. The zero-order chi connectivity index (χ0) is 18.1. The molecular weight excluding hydrogens is 308 g/mol. The van der Waals surface area contributed by atoms with Crippen LogP contribution in [0.4, 0.5) is 0 Å². The molecule has 132 valence electrons. The van der Waals surface area contributed by atoms with Crippen LogP contribution in [-0.4, -0.2) is 34.3 Å². The van der Waals surface area contributed by atoms with Crippen molar-refractivity contribution in [2.75, 3.05) is 13.7 Å². The molecule has 0 aromatic carbocycles. The SMILES string of the molecule is C=C(/C=C(/OC)C(=C)C)CNC(=O)CCc1n[nH]c(=O)n1CCC. The Bertz CT molecular complexity index is 682. The number of hydrogen-bond acceptors (Lipinski definition) is 4. The zero-order valence-corrected chi connectivity index (χ0v) is 14.6. The molecule has 7 heteroatoms. The molecule has 0 atom stereocenters. The van der Waals surface area contributed by atoms with Crippen LogP contribution in [0.2, 0.25) is 0 Å². The average Bonchev–Trinajstić information content (AvgIpc) is 2.89. The Balaban J connectivity index is 2.49. The lowest BCUT2D eigenvalue weighted by Gasteiger charge is -2.08. The van der Waals surface area contributed by atoms with Gasteiger partial charge in [0.05, 0.1) is 7.11 Å². The number of nitrogens with one attached hydrogen (secondary N) is 2. The number of nitrogens with zero attached hydrogens (tertiary/aromatic N) is 2. The summed E-state index contributed by atoms with van der Waals surface area (Å²) in [6, 6.07) is 0. The highest BCUT2D eigenvalue weighted by molar-refractivity contribution is 5.76. The van der Waals surface area contributed by atoms with Crippen molar-refractivity contribution in [1.82, 2.24) is 20.1 Å². The second-order valence-corrected chi connectivity index (χ2v) is 5.52. The van der Waals surface area contributed by atoms with Gasteiger partial charge in [0.25, 0.3) is 0 Å². The van der Waals surface area contributed by atoms with E-state index in [1.807, 2.05) is 13.8 Å². The molecule has 0 unspecified atom stereocenters. The molecule has 1 aromatic rings. The normalized spacial score (nSPS) is 11.2. The number of hydrogen-bond donors (Lipinski definition) is 2. The first-order valence-corrected chi connectivity index (χ1v) is 7.89. The lowest BCUT2D eigenvalue weighted by Crippen LogP contribution is -2.26. The molecule has 0 bridgehead atoms. The van der Waals surface area contributed by atoms with Gasteiger partial charge in [0.1, 0.15) is 11.6 Å². The van der Waals surface area contributed by atoms with E-state index in [0.717, 1.165) is 12.0 Å². The topological polar surface area (TPSA) is 89.0 Å². The Morgan fingerprint density at radius 2 is 2.17 bits per heavy atom. The van der Waals surface area contributed by atoms with Gasteiger partial charge in [-0.2, -0.15) is 5.10 Å². The lowest BCUT2D eigenvalue weighted by molar-refractivity contribution is -0.120. The molecule has 0 aliphatic carbocycles. The van der Waals surface area contributed by atoms with Crippen LogP contribution in [0, 0.1) is 0 Å². The number of aromatic amines is 1. The number of H-pyrrole nitrogens is 1. The summed E-state index contributed by atoms with van der Waals surface area (Å²) in [5.74, 6) is 1.10. The molecule has 1 heterocycles. The largest absolute Gasteiger partial charge is 0.497 e. The van der Waals surface area contributed by atoms with Crippen molar-refractivity contribution >= 4 is 5.91 Å². The van der Waals surface area contributed by atoms with Crippen LogP contribution in [0.1, 0.15) is 32.5 Å². The minimum atomic E-state index is -0.238. The van der Waals surface area contributed by atoms with Crippen LogP contribution in [0.3, 0.4) is 0 Å². The quantitative estimate of drug-likeness (QED) is 0.503. The van der Waals surface area contributed by atoms with Gasteiger partial charge in [0.15, 0.2) is 0 Å². The summed E-state index contributed by atoms with van der Waals surface area (Å²) in [6.07, 6.45) is 3.23. The number of rotatable bonds is 10. The van der Waals surface area contributed by atoms with Gasteiger partial charge in [-0.1, -0.05) is 20.1 Å². The summed E-state index contributed by atoms with van der Waals surface area (Å²) in [5.41, 5.74) is 1.26. The maximum Gasteiger partial charge on any atom is 0.343 e. The fourth-order valence-electron chi connectivity index (χ4n) is 2.11. The smallest absolute Gasteiger partial charge is 0.343 e. The molecular formula is C17H26N4O3. The van der Waals surface area contributed by atoms with E-state index < -0.39 is 0 Å². The molecule has 1 rings (SSSR count). The van der Waals surface area contributed by atoms with Gasteiger partial charge in [-0.25, -0.2) is 9.89 Å². The van der Waals surface area contributed by atoms with Crippen molar-refractivity contribution in [2.24, 2.45) is 0 Å². The highest BCUT2D eigenvalue weighted by Crippen LogP contribution is 2.09. The van der Waals surface area contributed by atoms with Crippen LogP contribution < -0.4 is 11.0 Å². The van der Waals surface area contributed by atoms with Crippen LogP contribution in [0.5, 0.6) is 0 Å². The van der Waals surface area contributed by atoms with E-state index in [0.29, 0.717) is 36.7 Å². The monoisotopic (exact) mass is 334 g/mol. The molecule has 2 N–H and O–H groups in total. The van der Waals surface area contributed by atoms with Crippen molar-refractivity contribution in [1.29, 1.82) is 0 Å². The Labute approximate surface area is 142 Å². The first-order valence-electron chi connectivity index (χ1n) is 7.89. The third-order valence-electron chi connectivity index (χ3n) is 3.35. The van der Waals surface area contributed by atoms with E-state index in [4.69, 9.17) is 4.74 Å². The number of carbonyl (C=O) groups excluding carboxylic acids is 1. The molecule has 1 aromatic heterocycles. The van der Waals surface area contributed by atoms with Gasteiger partial charge in [-0.05, 0) is 30.6 Å². The molecule has 0 radical (unpaired) electrons. The fraction of sp³-hybridized carbons (Fsp3) is 0.471. The highest BCUT2D eigenvalue weighted by Gasteiger charge is 2.10. The Morgan fingerprint density at radius 3 is 2.75 bits per heavy atom. The number of aromatic nitrogens is 3. The minimum Gasteiger partial charge on any atom is -0.497 e. The molecule has 1 amide bonds. The fourth-order valence-corrected chi connectivity index (χ4v) is 2.11. The second kappa shape index (κ2) is 9.54. The summed E-state index contributed by atoms with van der Waals surface area (Å²) in [6.45, 7) is 12.4. The molecule has 7 nitrogen and oxygen atoms in total. The standard InChI is InChI=1S/C17H26N4O3/c1-6-9-21-15(19-20-17(21)23)7-8-16(22)18-11-13(4)10-14(24-5)12(2)3/h10H,2,4,6-9,11H2,1,3,5H3,(H,18,22)(H,20,23)/b14-10+. The first kappa shape index (κ1) is 19.5. The van der Waals surface area contributed by atoms with Crippen molar-refractivity contribution in [3.8, 4) is 0 Å². The van der Waals surface area contributed by atoms with Crippen molar-refractivity contribution < 1.29 is 9.53 Å². The highest BCUT2D eigenvalue weighted by atomic mass is 16.5. The summed E-state index contributed by atoms with van der Waals surface area (Å²) in [5, 5.41) is 9.17. The van der Waals surface area contributed by atoms with Crippen molar-refractivity contribution in [3.63, 3.8) is 0 Å². The van der Waals surface area contributed by atoms with Gasteiger partial charge in [-0.15, -0.1) is 0 Å². The van der Waals surface area contributed by atoms with Gasteiger partial charge < -0.3 is 10.1 Å². The predicted molar refractivity (Wildman–Crippen MR) is 93.5 cm³/mol. The number of ether oxygens (including phenoxy) is 1. The Hall–Kier alpha value is -2.57. The van der Waals surface area contributed by atoms with Gasteiger partial charge in [0, 0.05) is 25.9 Å². The van der Waals surface area contributed by atoms with Crippen LogP contribution in [-0.2, 0) is 22.5 Å². The number of allylic oxidation sites excluding steroid dienone is 1. The average molecular weight is 334 g/mol. The Kier molecular flexibility index (Phi) is 7.74. The maximum atomic E-state index is 11.9. The van der Waals surface area contributed by atoms with Crippen LogP contribution in [0.15, 0.2) is 40.9 Å². The van der Waals surface area contributed by atoms with E-state index >= 15 is 0 Å². The van der Waals surface area contributed by atoms with E-state index in [2.05, 4.69) is 28.7 Å². The third-order valence-corrected chi connectivity index (χ3v) is 3.35. The van der Waals surface area contributed by atoms with Gasteiger partial charge in [-0.3, -0.25) is 9.36 Å². The summed E-state index contributed by atoms with van der Waals surface area (Å²) in [4.78, 5) is 23.5. The van der Waals surface area contributed by atoms with Crippen LogP contribution >= 0.6 is 0 Å². The van der Waals surface area contributed by atoms with Crippen molar-refractivity contribution in [3.05, 3.63) is 52.4 Å². The number of carbonyl (C=O) groups is 1. The van der Waals surface area contributed by atoms with Crippen molar-refractivity contribution in [2.45, 2.75) is 39.7 Å². The van der Waals surface area contributed by atoms with Gasteiger partial charge >= 0.3 is 5.69 Å². The molecule has 0 spiro atoms. The van der Waals surface area contributed by atoms with E-state index in [1.165, 1.54) is 0 Å². The molecule has 0 fully saturated rings. The van der Waals surface area contributed by atoms with E-state index in [1.54, 1.807) is 17.8 Å². The Morgan fingerprint density at radius 1 is 1.46 bits per heavy atom. The summed E-state index contributed by atoms with van der Waals surface area (Å²) < 4.78 is 6.74. The molecule has 0 saturated heterocycles. The molecule has 0 saturated carbocycles. The van der Waals surface area contributed by atoms with Crippen LogP contribution in [0.25, 0.3) is 0 Å². The number of amides is 1. The number of aryl methyl sites for hydroxylation is 1. The van der Waals surface area contributed by atoms with Gasteiger partial charge in [0.2, 0.25) is 5.91 Å². The third kappa shape index (κ3) is 5.91. The first-order chi connectivity index (χ1) is 11.4. The lowest BCUT2D eigenvalue weighted by atomic mass is 10.2. The maximum absolute atomic E-state index is 11.9. The predicted octanol–water partition coefficient (Wildman–Crippen LogP) is 1.69. The molecule has 0 aliphatic rings. The minimum absolute atomic E-state index is 0.127. The summed E-state index contributed by atoms with van der Waals surface area (Å²) >= 11 is 0. The number of methoxy groups -OCH3 is 1. The molecule has 0 aliphatic heterocycles.